The van der Waals surface area contributed by atoms with Crippen molar-refractivity contribution < 1.29 is 19.1 Å². The van der Waals surface area contributed by atoms with E-state index in [0.29, 0.717) is 22.9 Å². The number of aryl methyl sites for hydroxylation is 2. The highest BCUT2D eigenvalue weighted by molar-refractivity contribution is 6.53. The Labute approximate surface area is 162 Å². The van der Waals surface area contributed by atoms with E-state index in [1.807, 2.05) is 19.9 Å². The standard InChI is InChI=1S/C20H19ClN2O4/c1-11-5-6-13(9-12(11)2)23-19(24)17(21)18(20(23)25)22-15-8-7-14(26-3)10-16(15)27-4/h5-10,22H,1-4H3. The maximum absolute atomic E-state index is 12.9. The number of ether oxygens (including phenoxy) is 2. The molecule has 0 aromatic heterocycles. The maximum atomic E-state index is 12.9. The van der Waals surface area contributed by atoms with Gasteiger partial charge in [-0.1, -0.05) is 17.7 Å². The molecule has 0 atom stereocenters. The lowest BCUT2D eigenvalue weighted by Crippen LogP contribution is -2.32. The summed E-state index contributed by atoms with van der Waals surface area (Å²) in [5, 5.41) is 2.75. The van der Waals surface area contributed by atoms with Crippen LogP contribution in [-0.2, 0) is 9.59 Å². The van der Waals surface area contributed by atoms with Crippen molar-refractivity contribution in [2.24, 2.45) is 0 Å². The zero-order chi connectivity index (χ0) is 19.7. The third-order valence-electron chi connectivity index (χ3n) is 4.44. The molecule has 3 rings (SSSR count). The third kappa shape index (κ3) is 3.36. The molecule has 0 spiro atoms. The second-order valence-corrected chi connectivity index (χ2v) is 6.47. The van der Waals surface area contributed by atoms with E-state index in [1.54, 1.807) is 37.4 Å². The Bertz CT molecular complexity index is 968. The first kappa shape index (κ1) is 18.8. The summed E-state index contributed by atoms with van der Waals surface area (Å²) in [6, 6.07) is 10.4. The van der Waals surface area contributed by atoms with Crippen molar-refractivity contribution in [1.29, 1.82) is 0 Å². The normalized spacial score (nSPS) is 14.0. The number of benzene rings is 2. The molecule has 0 unspecified atom stereocenters. The summed E-state index contributed by atoms with van der Waals surface area (Å²) < 4.78 is 10.5. The summed E-state index contributed by atoms with van der Waals surface area (Å²) >= 11 is 6.18. The second-order valence-electron chi connectivity index (χ2n) is 6.09. The zero-order valence-corrected chi connectivity index (χ0v) is 16.2. The molecule has 2 aromatic carbocycles. The van der Waals surface area contributed by atoms with Crippen LogP contribution >= 0.6 is 11.6 Å². The Morgan fingerprint density at radius 2 is 1.67 bits per heavy atom. The van der Waals surface area contributed by atoms with Gasteiger partial charge >= 0.3 is 0 Å². The summed E-state index contributed by atoms with van der Waals surface area (Å²) in [6.45, 7) is 3.88. The monoisotopic (exact) mass is 386 g/mol. The fraction of sp³-hybridized carbons (Fsp3) is 0.200. The molecule has 1 N–H and O–H groups in total. The van der Waals surface area contributed by atoms with Crippen LogP contribution in [0.3, 0.4) is 0 Å². The molecule has 0 bridgehead atoms. The molecule has 2 aromatic rings. The first-order chi connectivity index (χ1) is 12.9. The molecule has 0 fully saturated rings. The lowest BCUT2D eigenvalue weighted by molar-refractivity contribution is -0.120. The molecule has 140 valence electrons. The van der Waals surface area contributed by atoms with E-state index in [2.05, 4.69) is 5.32 Å². The van der Waals surface area contributed by atoms with Gasteiger partial charge in [-0.25, -0.2) is 4.90 Å². The molecule has 2 amide bonds. The summed E-state index contributed by atoms with van der Waals surface area (Å²) in [5.74, 6) is -0.0368. The lowest BCUT2D eigenvalue weighted by atomic mass is 10.1. The molecular weight excluding hydrogens is 368 g/mol. The van der Waals surface area contributed by atoms with Gasteiger partial charge in [0.1, 0.15) is 22.2 Å². The fourth-order valence-corrected chi connectivity index (χ4v) is 2.96. The van der Waals surface area contributed by atoms with Crippen molar-refractivity contribution >= 4 is 34.8 Å². The van der Waals surface area contributed by atoms with E-state index in [-0.39, 0.29) is 10.7 Å². The largest absolute Gasteiger partial charge is 0.497 e. The number of nitrogens with zero attached hydrogens (tertiary/aromatic N) is 1. The number of rotatable bonds is 5. The zero-order valence-electron chi connectivity index (χ0n) is 15.4. The van der Waals surface area contributed by atoms with Crippen LogP contribution in [0.4, 0.5) is 11.4 Å². The van der Waals surface area contributed by atoms with Gasteiger partial charge in [-0.15, -0.1) is 0 Å². The highest BCUT2D eigenvalue weighted by Gasteiger charge is 2.39. The predicted octanol–water partition coefficient (Wildman–Crippen LogP) is 3.76. The van der Waals surface area contributed by atoms with Gasteiger partial charge in [0.15, 0.2) is 0 Å². The van der Waals surface area contributed by atoms with Crippen molar-refractivity contribution in [3.63, 3.8) is 0 Å². The van der Waals surface area contributed by atoms with Crippen LogP contribution < -0.4 is 19.7 Å². The van der Waals surface area contributed by atoms with Crippen LogP contribution in [0.2, 0.25) is 0 Å². The number of imide groups is 1. The first-order valence-electron chi connectivity index (χ1n) is 8.22. The van der Waals surface area contributed by atoms with Crippen molar-refractivity contribution in [2.45, 2.75) is 13.8 Å². The first-order valence-corrected chi connectivity index (χ1v) is 8.60. The Hall–Kier alpha value is -2.99. The number of methoxy groups -OCH3 is 2. The van der Waals surface area contributed by atoms with Crippen molar-refractivity contribution in [3.8, 4) is 11.5 Å². The average Bonchev–Trinajstić information content (AvgIpc) is 2.87. The fourth-order valence-electron chi connectivity index (χ4n) is 2.75. The number of carbonyl (C=O) groups is 2. The van der Waals surface area contributed by atoms with Gasteiger partial charge in [0.2, 0.25) is 0 Å². The van der Waals surface area contributed by atoms with Crippen LogP contribution in [0.5, 0.6) is 11.5 Å². The number of amides is 2. The SMILES string of the molecule is COc1ccc(NC2=C(Cl)C(=O)N(c3ccc(C)c(C)c3)C2=O)c(OC)c1. The molecule has 7 heteroatoms. The quantitative estimate of drug-likeness (QED) is 0.792. The molecule has 0 radical (unpaired) electrons. The van der Waals surface area contributed by atoms with Gasteiger partial charge in [0.25, 0.3) is 11.8 Å². The number of anilines is 2. The Kier molecular flexibility index (Phi) is 5.10. The molecule has 0 saturated heterocycles. The van der Waals surface area contributed by atoms with Crippen molar-refractivity contribution in [1.82, 2.24) is 0 Å². The van der Waals surface area contributed by atoms with Gasteiger partial charge in [-0.3, -0.25) is 9.59 Å². The second kappa shape index (κ2) is 7.32. The van der Waals surface area contributed by atoms with Crippen LogP contribution in [0, 0.1) is 13.8 Å². The number of halogens is 1. The Balaban J connectivity index is 1.94. The Morgan fingerprint density at radius 1 is 0.926 bits per heavy atom. The molecular formula is C20H19ClN2O4. The minimum atomic E-state index is -0.570. The van der Waals surface area contributed by atoms with Gasteiger partial charge in [0, 0.05) is 6.07 Å². The van der Waals surface area contributed by atoms with Gasteiger partial charge in [-0.2, -0.15) is 0 Å². The van der Waals surface area contributed by atoms with Gasteiger partial charge < -0.3 is 14.8 Å². The highest BCUT2D eigenvalue weighted by atomic mass is 35.5. The van der Waals surface area contributed by atoms with E-state index < -0.39 is 11.8 Å². The number of hydrogen-bond donors (Lipinski definition) is 1. The number of nitrogens with one attached hydrogen (secondary N) is 1. The van der Waals surface area contributed by atoms with Crippen molar-refractivity contribution in [3.05, 3.63) is 58.3 Å². The molecule has 0 aliphatic carbocycles. The summed E-state index contributed by atoms with van der Waals surface area (Å²) in [4.78, 5) is 26.5. The molecule has 1 aliphatic heterocycles. The summed E-state index contributed by atoms with van der Waals surface area (Å²) in [5.41, 5.74) is 3.02. The van der Waals surface area contributed by atoms with E-state index >= 15 is 0 Å². The van der Waals surface area contributed by atoms with Crippen molar-refractivity contribution in [2.75, 3.05) is 24.4 Å². The van der Waals surface area contributed by atoms with Crippen LogP contribution in [0.15, 0.2) is 47.1 Å². The minimum Gasteiger partial charge on any atom is -0.497 e. The summed E-state index contributed by atoms with van der Waals surface area (Å²) in [7, 11) is 3.04. The van der Waals surface area contributed by atoms with Crippen LogP contribution in [0.1, 0.15) is 11.1 Å². The minimum absolute atomic E-state index is 0.00311. The topological polar surface area (TPSA) is 67.9 Å². The lowest BCUT2D eigenvalue weighted by Gasteiger charge is -2.17. The highest BCUT2D eigenvalue weighted by Crippen LogP contribution is 2.35. The van der Waals surface area contributed by atoms with Crippen LogP contribution in [0.25, 0.3) is 0 Å². The smallest absolute Gasteiger partial charge is 0.283 e. The molecule has 27 heavy (non-hydrogen) atoms. The number of carbonyl (C=O) groups excluding carboxylic acids is 2. The number of hydrogen-bond acceptors (Lipinski definition) is 5. The maximum Gasteiger partial charge on any atom is 0.283 e. The third-order valence-corrected chi connectivity index (χ3v) is 4.80. The van der Waals surface area contributed by atoms with Crippen LogP contribution in [-0.4, -0.2) is 26.0 Å². The predicted molar refractivity (Wildman–Crippen MR) is 104 cm³/mol. The van der Waals surface area contributed by atoms with E-state index in [4.69, 9.17) is 21.1 Å². The molecule has 1 aliphatic rings. The van der Waals surface area contributed by atoms with Gasteiger partial charge in [0.05, 0.1) is 25.6 Å². The van der Waals surface area contributed by atoms with E-state index in [1.165, 1.54) is 7.11 Å². The average molecular weight is 387 g/mol. The Morgan fingerprint density at radius 3 is 2.30 bits per heavy atom. The molecule has 0 saturated carbocycles. The van der Waals surface area contributed by atoms with E-state index in [9.17, 15) is 9.59 Å². The molecule has 1 heterocycles. The van der Waals surface area contributed by atoms with E-state index in [0.717, 1.165) is 16.0 Å². The summed E-state index contributed by atoms with van der Waals surface area (Å²) in [6.07, 6.45) is 0. The molecule has 6 nitrogen and oxygen atoms in total. The van der Waals surface area contributed by atoms with Gasteiger partial charge in [-0.05, 0) is 49.2 Å².